The van der Waals surface area contributed by atoms with E-state index < -0.39 is 16.9 Å². The average Bonchev–Trinajstić information content (AvgIpc) is 1.88. The number of dihydropyridines is 1. The maximum atomic E-state index is 10.6. The van der Waals surface area contributed by atoms with Gasteiger partial charge in [0.25, 0.3) is 5.78 Å². The molecule has 0 aliphatic carbocycles. The molecule has 1 unspecified atom stereocenters. The Balaban J connectivity index is 2.80. The van der Waals surface area contributed by atoms with Crippen LogP contribution >= 0.6 is 0 Å². The lowest BCUT2D eigenvalue weighted by Crippen LogP contribution is -2.27. The van der Waals surface area contributed by atoms with Crippen molar-refractivity contribution in [3.8, 4) is 0 Å². The number of aliphatic imine (C=N–C) groups is 1. The maximum absolute atomic E-state index is 10.6. The molecule has 0 saturated heterocycles. The minimum atomic E-state index is -1.41. The highest BCUT2D eigenvalue weighted by Gasteiger charge is 2.26. The molecule has 1 heterocycles. The molecule has 0 N–H and O–H groups in total. The summed E-state index contributed by atoms with van der Waals surface area (Å²) in [6.07, 6.45) is 2.35. The zero-order chi connectivity index (χ0) is 7.56. The van der Waals surface area contributed by atoms with Crippen molar-refractivity contribution in [2.45, 2.75) is 6.17 Å². The molecule has 1 aliphatic rings. The van der Waals surface area contributed by atoms with Crippen molar-refractivity contribution in [1.29, 1.82) is 0 Å². The number of nitrogens with zero attached hydrogens (tertiary/aromatic N) is 2. The van der Waals surface area contributed by atoms with E-state index in [0.717, 1.165) is 6.08 Å². The Bertz CT molecular complexity index is 231. The number of hydrogen-bond donors (Lipinski definition) is 0. The van der Waals surface area contributed by atoms with E-state index in [-0.39, 0.29) is 0 Å². The number of nitro groups is 1. The van der Waals surface area contributed by atoms with Gasteiger partial charge in [0.1, 0.15) is 0 Å². The first-order valence-electron chi connectivity index (χ1n) is 2.59. The van der Waals surface area contributed by atoms with Crippen LogP contribution in [0.4, 0.5) is 0 Å². The molecule has 0 aromatic heterocycles. The second-order valence-electron chi connectivity index (χ2n) is 1.72. The van der Waals surface area contributed by atoms with Gasteiger partial charge in [0.15, 0.2) is 0 Å². The number of hydrogen-bond acceptors (Lipinski definition) is 4. The van der Waals surface area contributed by atoms with Crippen LogP contribution in [-0.2, 0) is 4.79 Å². The minimum absolute atomic E-state index is 0.576. The Kier molecular flexibility index (Phi) is 1.57. The third-order valence-electron chi connectivity index (χ3n) is 1.03. The van der Waals surface area contributed by atoms with Crippen LogP contribution < -0.4 is 0 Å². The molecule has 0 amide bonds. The molecule has 1 atom stereocenters. The Morgan fingerprint density at radius 2 is 2.40 bits per heavy atom. The smallest absolute Gasteiger partial charge is 0.285 e. The monoisotopic (exact) mass is 140 g/mol. The van der Waals surface area contributed by atoms with Gasteiger partial charge >= 0.3 is 6.17 Å². The largest absolute Gasteiger partial charge is 0.366 e. The van der Waals surface area contributed by atoms with E-state index in [1.54, 1.807) is 0 Å². The van der Waals surface area contributed by atoms with Crippen LogP contribution in [0, 0.1) is 10.1 Å². The molecular weight excluding hydrogens is 136 g/mol. The lowest BCUT2D eigenvalue weighted by Gasteiger charge is -2.00. The normalized spacial score (nSPS) is 23.2. The summed E-state index contributed by atoms with van der Waals surface area (Å²) in [7, 11) is 0. The molecule has 0 spiro atoms. The minimum Gasteiger partial charge on any atom is -0.285 e. The first kappa shape index (κ1) is 6.60. The third kappa shape index (κ3) is 1.07. The summed E-state index contributed by atoms with van der Waals surface area (Å²) in [4.78, 5) is 23.2. The van der Waals surface area contributed by atoms with E-state index in [0.29, 0.717) is 0 Å². The number of carbonyl (C=O) groups excluding carboxylic acids is 1. The molecule has 10 heavy (non-hydrogen) atoms. The van der Waals surface area contributed by atoms with Gasteiger partial charge in [0, 0.05) is 6.21 Å². The van der Waals surface area contributed by atoms with Crippen molar-refractivity contribution in [2.75, 3.05) is 0 Å². The fourth-order valence-electron chi connectivity index (χ4n) is 0.587. The zero-order valence-corrected chi connectivity index (χ0v) is 4.93. The van der Waals surface area contributed by atoms with Gasteiger partial charge in [-0.2, -0.15) is 0 Å². The van der Waals surface area contributed by atoms with Crippen LogP contribution in [0.2, 0.25) is 0 Å². The van der Waals surface area contributed by atoms with Gasteiger partial charge in [-0.25, -0.2) is 4.99 Å². The summed E-state index contributed by atoms with van der Waals surface area (Å²) in [6.45, 7) is 0. The fourth-order valence-corrected chi connectivity index (χ4v) is 0.587. The molecule has 0 fully saturated rings. The Morgan fingerprint density at radius 3 is 2.80 bits per heavy atom. The standard InChI is InChI=1S/C5H4N2O3/c8-4-2-1-3-6-5(4)7(9)10/h1-3,5H. The highest BCUT2D eigenvalue weighted by atomic mass is 16.6. The average molecular weight is 140 g/mol. The van der Waals surface area contributed by atoms with Gasteiger partial charge in [0.05, 0.1) is 4.92 Å². The van der Waals surface area contributed by atoms with E-state index in [9.17, 15) is 14.9 Å². The highest BCUT2D eigenvalue weighted by molar-refractivity contribution is 5.99. The quantitative estimate of drug-likeness (QED) is 0.374. The number of rotatable bonds is 1. The predicted octanol–water partition coefficient (Wildman–Crippen LogP) is -0.201. The van der Waals surface area contributed by atoms with Gasteiger partial charge in [-0.1, -0.05) is 0 Å². The molecule has 0 bridgehead atoms. The molecule has 0 aromatic rings. The lowest BCUT2D eigenvalue weighted by atomic mass is 10.2. The Hall–Kier alpha value is -1.52. The van der Waals surface area contributed by atoms with E-state index in [2.05, 4.69) is 4.99 Å². The van der Waals surface area contributed by atoms with Gasteiger partial charge in [-0.05, 0) is 12.2 Å². The van der Waals surface area contributed by atoms with Crippen molar-refractivity contribution in [3.05, 3.63) is 22.3 Å². The molecule has 1 aliphatic heterocycles. The van der Waals surface area contributed by atoms with E-state index in [4.69, 9.17) is 0 Å². The summed E-state index contributed by atoms with van der Waals surface area (Å²) >= 11 is 0. The van der Waals surface area contributed by atoms with E-state index in [1.807, 2.05) is 0 Å². The van der Waals surface area contributed by atoms with Gasteiger partial charge in [0.2, 0.25) is 0 Å². The number of allylic oxidation sites excluding steroid dienone is 1. The van der Waals surface area contributed by atoms with Crippen molar-refractivity contribution in [2.24, 2.45) is 4.99 Å². The first-order valence-corrected chi connectivity index (χ1v) is 2.59. The second kappa shape index (κ2) is 2.38. The summed E-state index contributed by atoms with van der Waals surface area (Å²) in [5.74, 6) is -0.576. The molecular formula is C5H4N2O3. The first-order chi connectivity index (χ1) is 4.72. The van der Waals surface area contributed by atoms with Crippen LogP contribution in [0.15, 0.2) is 17.1 Å². The van der Waals surface area contributed by atoms with Crippen LogP contribution in [0.1, 0.15) is 0 Å². The number of ketones is 1. The highest BCUT2D eigenvalue weighted by Crippen LogP contribution is 1.98. The number of carbonyl (C=O) groups is 1. The summed E-state index contributed by atoms with van der Waals surface area (Å²) in [6, 6.07) is 0. The van der Waals surface area contributed by atoms with Crippen molar-refractivity contribution in [1.82, 2.24) is 0 Å². The Morgan fingerprint density at radius 1 is 1.70 bits per heavy atom. The molecule has 1 rings (SSSR count). The van der Waals surface area contributed by atoms with Crippen LogP contribution in [0.25, 0.3) is 0 Å². The second-order valence-corrected chi connectivity index (χ2v) is 1.72. The van der Waals surface area contributed by atoms with Crippen molar-refractivity contribution in [3.63, 3.8) is 0 Å². The molecule has 0 saturated carbocycles. The molecule has 5 nitrogen and oxygen atoms in total. The summed E-state index contributed by atoms with van der Waals surface area (Å²) in [5.41, 5.74) is 0. The molecule has 52 valence electrons. The molecule has 5 heteroatoms. The van der Waals surface area contributed by atoms with Crippen molar-refractivity contribution >= 4 is 12.0 Å². The summed E-state index contributed by atoms with van der Waals surface area (Å²) < 4.78 is 0. The molecule has 0 radical (unpaired) electrons. The topological polar surface area (TPSA) is 72.6 Å². The van der Waals surface area contributed by atoms with Crippen LogP contribution in [0.5, 0.6) is 0 Å². The third-order valence-corrected chi connectivity index (χ3v) is 1.03. The van der Waals surface area contributed by atoms with Crippen LogP contribution in [0.3, 0.4) is 0 Å². The maximum Gasteiger partial charge on any atom is 0.366 e. The summed E-state index contributed by atoms with van der Waals surface area (Å²) in [5, 5.41) is 10.0. The van der Waals surface area contributed by atoms with E-state index in [1.165, 1.54) is 12.3 Å². The SMILES string of the molecule is O=C1C=CC=NC1[N+](=O)[O-]. The van der Waals surface area contributed by atoms with Crippen LogP contribution in [-0.4, -0.2) is 23.1 Å². The molecule has 0 aromatic carbocycles. The lowest BCUT2D eigenvalue weighted by molar-refractivity contribution is -0.504. The van der Waals surface area contributed by atoms with Crippen molar-refractivity contribution < 1.29 is 9.72 Å². The zero-order valence-electron chi connectivity index (χ0n) is 4.93. The Labute approximate surface area is 56.2 Å². The van der Waals surface area contributed by atoms with Gasteiger partial charge in [-0.15, -0.1) is 0 Å². The van der Waals surface area contributed by atoms with E-state index >= 15 is 0 Å². The fraction of sp³-hybridized carbons (Fsp3) is 0.200. The predicted molar refractivity (Wildman–Crippen MR) is 33.4 cm³/mol. The van der Waals surface area contributed by atoms with Gasteiger partial charge in [-0.3, -0.25) is 14.9 Å². The van der Waals surface area contributed by atoms with Gasteiger partial charge < -0.3 is 0 Å².